The Morgan fingerprint density at radius 2 is 1.55 bits per heavy atom. The minimum atomic E-state index is -0.520. The summed E-state index contributed by atoms with van der Waals surface area (Å²) >= 11 is 5.94. The van der Waals surface area contributed by atoms with Crippen molar-refractivity contribution in [1.82, 2.24) is 0 Å². The Morgan fingerprint density at radius 3 is 2.18 bits per heavy atom. The van der Waals surface area contributed by atoms with Crippen molar-refractivity contribution >= 4 is 34.6 Å². The van der Waals surface area contributed by atoms with E-state index >= 15 is 0 Å². The number of oxime groups is 2. The third-order valence-electron chi connectivity index (χ3n) is 5.17. The molecule has 3 aromatic rings. The van der Waals surface area contributed by atoms with Crippen molar-refractivity contribution < 1.29 is 28.7 Å². The number of carbonyl (C=O) groups excluding carboxylic acids is 1. The van der Waals surface area contributed by atoms with E-state index in [1.807, 2.05) is 49.4 Å². The summed E-state index contributed by atoms with van der Waals surface area (Å²) in [6, 6.07) is 21.8. The van der Waals surface area contributed by atoms with Gasteiger partial charge in [-0.2, -0.15) is 0 Å². The van der Waals surface area contributed by atoms with Crippen LogP contribution in [0.3, 0.4) is 0 Å². The van der Waals surface area contributed by atoms with Crippen molar-refractivity contribution in [3.63, 3.8) is 0 Å². The van der Waals surface area contributed by atoms with Gasteiger partial charge in [0.25, 0.3) is 0 Å². The molecule has 0 atom stereocenters. The van der Waals surface area contributed by atoms with Crippen LogP contribution in [0.4, 0.5) is 0 Å². The lowest BCUT2D eigenvalue weighted by Crippen LogP contribution is -2.14. The molecule has 198 valence electrons. The molecule has 0 N–H and O–H groups in total. The van der Waals surface area contributed by atoms with Crippen LogP contribution in [0, 0.1) is 0 Å². The molecule has 0 bridgehead atoms. The second kappa shape index (κ2) is 14.4. The number of benzene rings is 3. The van der Waals surface area contributed by atoms with E-state index in [1.54, 1.807) is 37.3 Å². The summed E-state index contributed by atoms with van der Waals surface area (Å²) in [6.45, 7) is 4.11. The first-order valence-corrected chi connectivity index (χ1v) is 12.1. The van der Waals surface area contributed by atoms with Crippen molar-refractivity contribution in [3.05, 3.63) is 101 Å². The number of rotatable bonds is 12. The monoisotopic (exact) mass is 536 g/mol. The smallest absolute Gasteiger partial charge is 0.341 e. The van der Waals surface area contributed by atoms with E-state index in [1.165, 1.54) is 20.5 Å². The zero-order chi connectivity index (χ0) is 27.3. The molecular weight excluding hydrogens is 508 g/mol. The summed E-state index contributed by atoms with van der Waals surface area (Å²) in [5.41, 5.74) is 3.39. The molecule has 0 fully saturated rings. The number of carbonyl (C=O) groups is 1. The molecular formula is C29H29ClN2O6. The molecule has 0 saturated heterocycles. The number of ether oxygens (including phenoxy) is 3. The third-order valence-corrected chi connectivity index (χ3v) is 5.43. The van der Waals surface area contributed by atoms with E-state index in [2.05, 4.69) is 10.3 Å². The van der Waals surface area contributed by atoms with Gasteiger partial charge < -0.3 is 23.9 Å². The van der Waals surface area contributed by atoms with Crippen molar-refractivity contribution in [3.8, 4) is 11.5 Å². The largest absolute Gasteiger partial charge is 0.503 e. The van der Waals surface area contributed by atoms with Crippen LogP contribution < -0.4 is 4.74 Å². The summed E-state index contributed by atoms with van der Waals surface area (Å²) in [7, 11) is 2.78. The minimum absolute atomic E-state index is 0.0986. The van der Waals surface area contributed by atoms with Crippen LogP contribution in [0.15, 0.2) is 89.4 Å². The lowest BCUT2D eigenvalue weighted by atomic mass is 10.0. The van der Waals surface area contributed by atoms with Gasteiger partial charge in [0, 0.05) is 16.1 Å². The molecule has 3 aromatic carbocycles. The SMILES string of the molecule is CCO/N=C(/C(C)=N/OCc1ccccc1/C(=C\OC)C(=O)OC)c1ccc(Oc2ccc(Cl)cc2)cc1. The Morgan fingerprint density at radius 1 is 0.895 bits per heavy atom. The first-order chi connectivity index (χ1) is 18.5. The normalized spacial score (nSPS) is 12.1. The molecule has 0 saturated carbocycles. The third kappa shape index (κ3) is 7.85. The van der Waals surface area contributed by atoms with Crippen LogP contribution in [0.5, 0.6) is 11.5 Å². The molecule has 3 rings (SSSR count). The highest BCUT2D eigenvalue weighted by Gasteiger charge is 2.17. The lowest BCUT2D eigenvalue weighted by Gasteiger charge is -2.11. The predicted molar refractivity (Wildman–Crippen MR) is 147 cm³/mol. The fraction of sp³-hybridized carbons (Fsp3) is 0.207. The molecule has 0 aliphatic carbocycles. The van der Waals surface area contributed by atoms with E-state index < -0.39 is 5.97 Å². The van der Waals surface area contributed by atoms with E-state index in [4.69, 9.17) is 35.5 Å². The van der Waals surface area contributed by atoms with E-state index in [0.29, 0.717) is 40.1 Å². The highest BCUT2D eigenvalue weighted by molar-refractivity contribution is 6.47. The summed E-state index contributed by atoms with van der Waals surface area (Å²) < 4.78 is 15.8. The minimum Gasteiger partial charge on any atom is -0.503 e. The van der Waals surface area contributed by atoms with E-state index in [0.717, 1.165) is 11.1 Å². The van der Waals surface area contributed by atoms with Gasteiger partial charge in [0.05, 0.1) is 20.5 Å². The summed E-state index contributed by atoms with van der Waals surface area (Å²) in [5.74, 6) is 0.806. The zero-order valence-electron chi connectivity index (χ0n) is 21.6. The Balaban J connectivity index is 1.77. The van der Waals surface area contributed by atoms with Crippen molar-refractivity contribution in [2.75, 3.05) is 20.8 Å². The summed E-state index contributed by atoms with van der Waals surface area (Å²) in [6.07, 6.45) is 1.34. The molecule has 0 spiro atoms. The van der Waals surface area contributed by atoms with Crippen LogP contribution >= 0.6 is 11.6 Å². The highest BCUT2D eigenvalue weighted by atomic mass is 35.5. The van der Waals surface area contributed by atoms with Gasteiger partial charge in [-0.25, -0.2) is 4.79 Å². The first-order valence-electron chi connectivity index (χ1n) is 11.8. The topological polar surface area (TPSA) is 87.9 Å². The molecule has 8 nitrogen and oxygen atoms in total. The number of hydrogen-bond donors (Lipinski definition) is 0. The van der Waals surface area contributed by atoms with Gasteiger partial charge in [-0.1, -0.05) is 46.2 Å². The molecule has 0 aliphatic rings. The maximum Gasteiger partial charge on any atom is 0.341 e. The lowest BCUT2D eigenvalue weighted by molar-refractivity contribution is -0.133. The van der Waals surface area contributed by atoms with Gasteiger partial charge in [-0.05, 0) is 67.9 Å². The molecule has 0 amide bonds. The van der Waals surface area contributed by atoms with Gasteiger partial charge in [0.2, 0.25) is 0 Å². The number of halogens is 1. The molecule has 0 aromatic heterocycles. The molecule has 0 unspecified atom stereocenters. The summed E-state index contributed by atoms with van der Waals surface area (Å²) in [4.78, 5) is 23.2. The zero-order valence-corrected chi connectivity index (χ0v) is 22.4. The van der Waals surface area contributed by atoms with E-state index in [9.17, 15) is 4.79 Å². The predicted octanol–water partition coefficient (Wildman–Crippen LogP) is 6.63. The molecule has 0 radical (unpaired) electrons. The van der Waals surface area contributed by atoms with Crippen molar-refractivity contribution in [2.45, 2.75) is 20.5 Å². The van der Waals surface area contributed by atoms with Gasteiger partial charge in [0.15, 0.2) is 0 Å². The van der Waals surface area contributed by atoms with Gasteiger partial charge in [0.1, 0.15) is 41.7 Å². The van der Waals surface area contributed by atoms with Crippen molar-refractivity contribution in [2.24, 2.45) is 10.3 Å². The second-order valence-electron chi connectivity index (χ2n) is 7.80. The van der Waals surface area contributed by atoms with E-state index in [-0.39, 0.29) is 12.2 Å². The molecule has 0 heterocycles. The Labute approximate surface area is 227 Å². The fourth-order valence-electron chi connectivity index (χ4n) is 3.38. The maximum atomic E-state index is 12.2. The van der Waals surface area contributed by atoms with Crippen LogP contribution in [0.1, 0.15) is 30.5 Å². The van der Waals surface area contributed by atoms with Gasteiger partial charge in [-0.3, -0.25) is 0 Å². The Bertz CT molecular complexity index is 1300. The quantitative estimate of drug-likeness (QED) is 0.0849. The maximum absolute atomic E-state index is 12.2. The molecule has 0 aliphatic heterocycles. The van der Waals surface area contributed by atoms with Crippen molar-refractivity contribution in [1.29, 1.82) is 0 Å². The van der Waals surface area contributed by atoms with Gasteiger partial charge >= 0.3 is 5.97 Å². The van der Waals surface area contributed by atoms with Gasteiger partial charge in [-0.15, -0.1) is 0 Å². The van der Waals surface area contributed by atoms with Crippen LogP contribution in [-0.4, -0.2) is 38.2 Å². The average molecular weight is 537 g/mol. The van der Waals surface area contributed by atoms with Crippen LogP contribution in [0.2, 0.25) is 5.02 Å². The average Bonchev–Trinajstić information content (AvgIpc) is 2.94. The number of nitrogens with zero attached hydrogens (tertiary/aromatic N) is 2. The number of methoxy groups -OCH3 is 2. The summed E-state index contributed by atoms with van der Waals surface area (Å²) in [5, 5.41) is 9.12. The molecule has 38 heavy (non-hydrogen) atoms. The number of hydrogen-bond acceptors (Lipinski definition) is 8. The van der Waals surface area contributed by atoms with Crippen LogP contribution in [-0.2, 0) is 30.6 Å². The number of esters is 1. The standard InChI is InChI=1S/C29H29ClN2O6/c1-5-36-32-28(21-10-14-24(15-11-21)38-25-16-12-23(30)13-17-25)20(2)31-37-18-22-8-6-7-9-26(22)27(19-34-3)29(33)35-4/h6-17,19H,5,18H2,1-4H3/b27-19+,31-20+,32-28-. The highest BCUT2D eigenvalue weighted by Crippen LogP contribution is 2.24. The molecule has 9 heteroatoms. The van der Waals surface area contributed by atoms with Crippen LogP contribution in [0.25, 0.3) is 5.57 Å². The Hall–Kier alpha value is -4.30. The fourth-order valence-corrected chi connectivity index (χ4v) is 3.50. The second-order valence-corrected chi connectivity index (χ2v) is 8.24. The first kappa shape index (κ1) is 28.3. The Kier molecular flexibility index (Phi) is 10.7.